The van der Waals surface area contributed by atoms with Crippen LogP contribution in [0.25, 0.3) is 0 Å². The molecule has 0 atom stereocenters. The van der Waals surface area contributed by atoms with Crippen molar-refractivity contribution < 1.29 is 18.9 Å². The maximum Gasteiger partial charge on any atom is 0.203 e. The summed E-state index contributed by atoms with van der Waals surface area (Å²) in [6.45, 7) is 1.18. The van der Waals surface area contributed by atoms with Gasteiger partial charge >= 0.3 is 0 Å². The third-order valence-electron chi connectivity index (χ3n) is 4.40. The minimum atomic E-state index is 0. The first-order chi connectivity index (χ1) is 14.1. The SMILES string of the molecule is CN=C(NCCc1ccc(OC)cc1Cl)NCc1ccc(OC)c(OC)c1OC.I. The molecule has 0 amide bonds. The number of ether oxygens (including phenoxy) is 4. The van der Waals surface area contributed by atoms with E-state index in [9.17, 15) is 0 Å². The second-order valence-corrected chi connectivity index (χ2v) is 6.46. The molecule has 0 radical (unpaired) electrons. The molecular formula is C21H29ClIN3O4. The summed E-state index contributed by atoms with van der Waals surface area (Å²) in [5, 5.41) is 7.25. The van der Waals surface area contributed by atoms with Crippen LogP contribution in [0.15, 0.2) is 35.3 Å². The maximum absolute atomic E-state index is 6.30. The molecule has 0 spiro atoms. The van der Waals surface area contributed by atoms with Gasteiger partial charge in [-0.25, -0.2) is 0 Å². The summed E-state index contributed by atoms with van der Waals surface area (Å²) in [6, 6.07) is 9.45. The minimum absolute atomic E-state index is 0. The number of benzene rings is 2. The van der Waals surface area contributed by atoms with Crippen LogP contribution in [0, 0.1) is 0 Å². The van der Waals surface area contributed by atoms with Gasteiger partial charge in [-0.3, -0.25) is 4.99 Å². The Balaban J connectivity index is 0.00000450. The van der Waals surface area contributed by atoms with Crippen LogP contribution in [0.3, 0.4) is 0 Å². The molecule has 0 aromatic heterocycles. The van der Waals surface area contributed by atoms with Crippen molar-refractivity contribution in [3.63, 3.8) is 0 Å². The monoisotopic (exact) mass is 549 g/mol. The molecule has 0 aliphatic rings. The van der Waals surface area contributed by atoms with Crippen molar-refractivity contribution in [2.45, 2.75) is 13.0 Å². The molecular weight excluding hydrogens is 521 g/mol. The maximum atomic E-state index is 6.30. The van der Waals surface area contributed by atoms with Crippen molar-refractivity contribution in [2.24, 2.45) is 4.99 Å². The molecule has 0 heterocycles. The number of rotatable bonds is 9. The van der Waals surface area contributed by atoms with Gasteiger partial charge in [0.25, 0.3) is 0 Å². The van der Waals surface area contributed by atoms with Crippen LogP contribution >= 0.6 is 35.6 Å². The predicted octanol–water partition coefficient (Wildman–Crippen LogP) is 3.90. The summed E-state index contributed by atoms with van der Waals surface area (Å²) in [5.74, 6) is 3.22. The molecule has 30 heavy (non-hydrogen) atoms. The zero-order valence-electron chi connectivity index (χ0n) is 17.9. The Morgan fingerprint density at radius 3 is 2.17 bits per heavy atom. The third kappa shape index (κ3) is 6.73. The van der Waals surface area contributed by atoms with Crippen molar-refractivity contribution in [3.05, 3.63) is 46.5 Å². The smallest absolute Gasteiger partial charge is 0.203 e. The lowest BCUT2D eigenvalue weighted by Crippen LogP contribution is -2.38. The van der Waals surface area contributed by atoms with Crippen molar-refractivity contribution in [1.29, 1.82) is 0 Å². The third-order valence-corrected chi connectivity index (χ3v) is 4.75. The van der Waals surface area contributed by atoms with Gasteiger partial charge < -0.3 is 29.6 Å². The number of aliphatic imine (C=N–C) groups is 1. The first-order valence-corrected chi connectivity index (χ1v) is 9.50. The highest BCUT2D eigenvalue weighted by molar-refractivity contribution is 14.0. The highest BCUT2D eigenvalue weighted by Gasteiger charge is 2.15. The van der Waals surface area contributed by atoms with E-state index in [2.05, 4.69) is 15.6 Å². The summed E-state index contributed by atoms with van der Waals surface area (Å²) in [6.07, 6.45) is 0.753. The molecule has 166 valence electrons. The molecule has 2 rings (SSSR count). The van der Waals surface area contributed by atoms with Crippen LogP contribution in [-0.2, 0) is 13.0 Å². The largest absolute Gasteiger partial charge is 0.497 e. The number of nitrogens with one attached hydrogen (secondary N) is 2. The zero-order valence-corrected chi connectivity index (χ0v) is 21.0. The van der Waals surface area contributed by atoms with Crippen molar-refractivity contribution in [1.82, 2.24) is 10.6 Å². The average molecular weight is 550 g/mol. The minimum Gasteiger partial charge on any atom is -0.497 e. The quantitative estimate of drug-likeness (QED) is 0.281. The van der Waals surface area contributed by atoms with E-state index in [-0.39, 0.29) is 24.0 Å². The zero-order chi connectivity index (χ0) is 21.2. The molecule has 0 aliphatic heterocycles. The van der Waals surface area contributed by atoms with Crippen molar-refractivity contribution >= 4 is 41.5 Å². The van der Waals surface area contributed by atoms with Gasteiger partial charge in [0, 0.05) is 30.7 Å². The van der Waals surface area contributed by atoms with Crippen LogP contribution in [-0.4, -0.2) is 48.0 Å². The molecule has 2 aromatic carbocycles. The molecule has 0 saturated carbocycles. The molecule has 0 unspecified atom stereocenters. The molecule has 2 N–H and O–H groups in total. The van der Waals surface area contributed by atoms with Crippen LogP contribution in [0.5, 0.6) is 23.0 Å². The first kappa shape index (κ1) is 26.0. The Hall–Kier alpha value is -2.07. The molecule has 2 aromatic rings. The average Bonchev–Trinajstić information content (AvgIpc) is 2.75. The summed E-state index contributed by atoms with van der Waals surface area (Å²) in [4.78, 5) is 4.26. The molecule has 0 bridgehead atoms. The Morgan fingerprint density at radius 2 is 1.60 bits per heavy atom. The molecule has 0 fully saturated rings. The lowest BCUT2D eigenvalue weighted by molar-refractivity contribution is 0.322. The Bertz CT molecular complexity index is 849. The normalized spacial score (nSPS) is 10.7. The standard InChI is InChI=1S/C21H28ClN3O4.HI/c1-23-21(24-11-10-14-6-8-16(26-2)12-17(14)22)25-13-15-7-9-18(27-3)20(29-5)19(15)28-4;/h6-9,12H,10-11,13H2,1-5H3,(H2,23,24,25);1H. The van der Waals surface area contributed by atoms with Crippen molar-refractivity contribution in [2.75, 3.05) is 42.0 Å². The van der Waals surface area contributed by atoms with E-state index in [0.29, 0.717) is 41.3 Å². The van der Waals surface area contributed by atoms with Gasteiger partial charge in [0.05, 0.1) is 28.4 Å². The van der Waals surface area contributed by atoms with Gasteiger partial charge in [-0.2, -0.15) is 0 Å². The van der Waals surface area contributed by atoms with Gasteiger partial charge in [-0.15, -0.1) is 24.0 Å². The van der Waals surface area contributed by atoms with E-state index in [1.54, 1.807) is 35.5 Å². The van der Waals surface area contributed by atoms with Crippen LogP contribution in [0.2, 0.25) is 5.02 Å². The molecule has 0 aliphatic carbocycles. The van der Waals surface area contributed by atoms with Crippen LogP contribution in [0.4, 0.5) is 0 Å². The van der Waals surface area contributed by atoms with E-state index in [0.717, 1.165) is 23.3 Å². The summed E-state index contributed by atoms with van der Waals surface area (Å²) in [7, 11) is 8.13. The number of methoxy groups -OCH3 is 4. The number of nitrogens with zero attached hydrogens (tertiary/aromatic N) is 1. The summed E-state index contributed by atoms with van der Waals surface area (Å²) < 4.78 is 21.4. The lowest BCUT2D eigenvalue weighted by atomic mass is 10.1. The summed E-state index contributed by atoms with van der Waals surface area (Å²) >= 11 is 6.30. The molecule has 0 saturated heterocycles. The number of hydrogen-bond donors (Lipinski definition) is 2. The lowest BCUT2D eigenvalue weighted by Gasteiger charge is -2.17. The highest BCUT2D eigenvalue weighted by Crippen LogP contribution is 2.39. The van der Waals surface area contributed by atoms with E-state index >= 15 is 0 Å². The fourth-order valence-electron chi connectivity index (χ4n) is 2.88. The van der Waals surface area contributed by atoms with Crippen molar-refractivity contribution in [3.8, 4) is 23.0 Å². The predicted molar refractivity (Wildman–Crippen MR) is 131 cm³/mol. The summed E-state index contributed by atoms with van der Waals surface area (Å²) in [5.41, 5.74) is 1.96. The second kappa shape index (κ2) is 13.3. The van der Waals surface area contributed by atoms with Crippen LogP contribution in [0.1, 0.15) is 11.1 Å². The van der Waals surface area contributed by atoms with E-state index in [1.807, 2.05) is 30.3 Å². The van der Waals surface area contributed by atoms with E-state index in [4.69, 9.17) is 30.5 Å². The van der Waals surface area contributed by atoms with Gasteiger partial charge in [-0.1, -0.05) is 17.7 Å². The van der Waals surface area contributed by atoms with E-state index < -0.39 is 0 Å². The number of guanidine groups is 1. The highest BCUT2D eigenvalue weighted by atomic mass is 127. The number of hydrogen-bond acceptors (Lipinski definition) is 5. The first-order valence-electron chi connectivity index (χ1n) is 9.12. The van der Waals surface area contributed by atoms with Gasteiger partial charge in [0.15, 0.2) is 17.5 Å². The fourth-order valence-corrected chi connectivity index (χ4v) is 3.14. The molecule has 9 heteroatoms. The van der Waals surface area contributed by atoms with E-state index in [1.165, 1.54) is 0 Å². The van der Waals surface area contributed by atoms with Gasteiger partial charge in [0.2, 0.25) is 5.75 Å². The Morgan fingerprint density at radius 1 is 0.900 bits per heavy atom. The number of halogens is 2. The molecule has 7 nitrogen and oxygen atoms in total. The Labute approximate surface area is 200 Å². The van der Waals surface area contributed by atoms with Gasteiger partial charge in [-0.05, 0) is 36.2 Å². The van der Waals surface area contributed by atoms with Crippen LogP contribution < -0.4 is 29.6 Å². The topological polar surface area (TPSA) is 73.3 Å². The second-order valence-electron chi connectivity index (χ2n) is 6.05. The van der Waals surface area contributed by atoms with Gasteiger partial charge in [0.1, 0.15) is 5.75 Å². The Kier molecular flexibility index (Phi) is 11.5. The fraction of sp³-hybridized carbons (Fsp3) is 0.381.